The fraction of sp³-hybridized carbons (Fsp3) is 0.350. The molecule has 1 aliphatic carbocycles. The Morgan fingerprint density at radius 2 is 2.06 bits per heavy atom. The number of carbonyl (C=O) groups excluding carboxylic acids is 2. The summed E-state index contributed by atoms with van der Waals surface area (Å²) in [5.74, 6) is -1.15. The molecule has 0 aliphatic heterocycles. The Bertz CT molecular complexity index is 1240. The Hall–Kier alpha value is -2.11. The van der Waals surface area contributed by atoms with Gasteiger partial charge in [0.15, 0.2) is 5.69 Å². The number of esters is 1. The van der Waals surface area contributed by atoms with Crippen LogP contribution in [-0.4, -0.2) is 28.8 Å². The number of carbonyl (C=O) groups is 2. The van der Waals surface area contributed by atoms with Gasteiger partial charge in [0.05, 0.1) is 22.3 Å². The van der Waals surface area contributed by atoms with Gasteiger partial charge in [-0.05, 0) is 53.9 Å². The predicted octanol–water partition coefficient (Wildman–Crippen LogP) is 6.40. The number of hydrogen-bond donors (Lipinski definition) is 1. The number of hydrogen-bond acceptors (Lipinski definition) is 5. The van der Waals surface area contributed by atoms with Crippen LogP contribution in [-0.2, 0) is 15.7 Å². The molecule has 1 aromatic carbocycles. The minimum atomic E-state index is -4.63. The molecular formula is C20H16BrClF3N3O3S. The minimum Gasteiger partial charge on any atom is -0.465 e. The van der Waals surface area contributed by atoms with Crippen LogP contribution in [0.1, 0.15) is 52.8 Å². The molecule has 12 heteroatoms. The monoisotopic (exact) mass is 549 g/mol. The average molecular weight is 551 g/mol. The summed E-state index contributed by atoms with van der Waals surface area (Å²) in [6.45, 7) is 1.50. The van der Waals surface area contributed by atoms with Crippen molar-refractivity contribution >= 4 is 66.5 Å². The normalized spacial score (nSPS) is 15.1. The lowest BCUT2D eigenvalue weighted by molar-refractivity contribution is -0.142. The highest BCUT2D eigenvalue weighted by molar-refractivity contribution is 9.10. The Kier molecular flexibility index (Phi) is 6.01. The molecular weight excluding hydrogens is 535 g/mol. The Morgan fingerprint density at radius 3 is 2.66 bits per heavy atom. The number of nitrogens with zero attached hydrogens (tertiary/aromatic N) is 2. The van der Waals surface area contributed by atoms with Crippen molar-refractivity contribution in [2.24, 2.45) is 0 Å². The van der Waals surface area contributed by atoms with Gasteiger partial charge in [-0.15, -0.1) is 11.3 Å². The predicted molar refractivity (Wildman–Crippen MR) is 118 cm³/mol. The average Bonchev–Trinajstić information content (AvgIpc) is 3.43. The molecule has 2 heterocycles. The zero-order valence-corrected chi connectivity index (χ0v) is 19.9. The van der Waals surface area contributed by atoms with Gasteiger partial charge < -0.3 is 10.1 Å². The molecule has 4 rings (SSSR count). The van der Waals surface area contributed by atoms with Gasteiger partial charge in [0.2, 0.25) is 5.91 Å². The van der Waals surface area contributed by atoms with Gasteiger partial charge in [-0.25, -0.2) is 4.79 Å². The van der Waals surface area contributed by atoms with E-state index < -0.39 is 29.8 Å². The van der Waals surface area contributed by atoms with Crippen LogP contribution in [0.5, 0.6) is 0 Å². The summed E-state index contributed by atoms with van der Waals surface area (Å²) in [6.07, 6.45) is -3.15. The van der Waals surface area contributed by atoms with Crippen LogP contribution in [0.2, 0.25) is 5.02 Å². The first-order chi connectivity index (χ1) is 15.0. The van der Waals surface area contributed by atoms with E-state index in [1.165, 1.54) is 14.0 Å². The fourth-order valence-corrected chi connectivity index (χ4v) is 5.63. The summed E-state index contributed by atoms with van der Waals surface area (Å²) in [6, 6.07) is 3.92. The molecule has 0 saturated heterocycles. The molecule has 2 aromatic heterocycles. The van der Waals surface area contributed by atoms with Crippen molar-refractivity contribution in [3.63, 3.8) is 0 Å². The molecule has 1 saturated carbocycles. The number of alkyl halides is 3. The summed E-state index contributed by atoms with van der Waals surface area (Å²) in [7, 11) is 1.25. The number of fused-ring (bicyclic) bond motifs is 1. The van der Waals surface area contributed by atoms with E-state index >= 15 is 0 Å². The largest absolute Gasteiger partial charge is 0.465 e. The Labute approximate surface area is 197 Å². The SMILES string of the molecule is COC(=O)c1sc2cc(NC(=O)C(C)n3nc(C(F)(F)F)c(Br)c3C3CC3)ccc2c1Cl. The smallest absolute Gasteiger partial charge is 0.436 e. The third-order valence-electron chi connectivity index (χ3n) is 5.13. The van der Waals surface area contributed by atoms with Crippen LogP contribution in [0.15, 0.2) is 22.7 Å². The lowest BCUT2D eigenvalue weighted by atomic mass is 10.2. The van der Waals surface area contributed by atoms with Crippen LogP contribution in [0.25, 0.3) is 10.1 Å². The number of ether oxygens (including phenoxy) is 1. The molecule has 1 N–H and O–H groups in total. The van der Waals surface area contributed by atoms with Crippen molar-refractivity contribution in [1.82, 2.24) is 9.78 Å². The van der Waals surface area contributed by atoms with Gasteiger partial charge in [-0.3, -0.25) is 9.48 Å². The van der Waals surface area contributed by atoms with E-state index in [2.05, 4.69) is 26.3 Å². The van der Waals surface area contributed by atoms with Crippen LogP contribution < -0.4 is 5.32 Å². The zero-order chi connectivity index (χ0) is 23.4. The second-order valence-corrected chi connectivity index (χ2v) is 9.60. The molecule has 0 radical (unpaired) electrons. The number of benzene rings is 1. The number of nitrogens with one attached hydrogen (secondary N) is 1. The summed E-state index contributed by atoms with van der Waals surface area (Å²) in [5.41, 5.74) is -0.244. The second-order valence-electron chi connectivity index (χ2n) is 7.38. The first-order valence-corrected chi connectivity index (χ1v) is 11.5. The quantitative estimate of drug-likeness (QED) is 0.373. The maximum Gasteiger partial charge on any atom is 0.436 e. The van der Waals surface area contributed by atoms with Gasteiger partial charge >= 0.3 is 12.1 Å². The first-order valence-electron chi connectivity index (χ1n) is 9.49. The number of rotatable bonds is 5. The number of anilines is 1. The van der Waals surface area contributed by atoms with E-state index in [1.54, 1.807) is 18.2 Å². The topological polar surface area (TPSA) is 73.2 Å². The van der Waals surface area contributed by atoms with Crippen molar-refractivity contribution < 1.29 is 27.5 Å². The zero-order valence-electron chi connectivity index (χ0n) is 16.7. The highest BCUT2D eigenvalue weighted by Gasteiger charge is 2.43. The molecule has 1 aliphatic rings. The van der Waals surface area contributed by atoms with E-state index in [4.69, 9.17) is 16.3 Å². The van der Waals surface area contributed by atoms with E-state index in [9.17, 15) is 22.8 Å². The van der Waals surface area contributed by atoms with Gasteiger partial charge in [-0.2, -0.15) is 18.3 Å². The van der Waals surface area contributed by atoms with E-state index in [-0.39, 0.29) is 20.3 Å². The molecule has 1 amide bonds. The first kappa shape index (κ1) is 23.1. The summed E-state index contributed by atoms with van der Waals surface area (Å²) >= 11 is 10.4. The second kappa shape index (κ2) is 8.35. The number of methoxy groups -OCH3 is 1. The van der Waals surface area contributed by atoms with E-state index in [0.717, 1.165) is 28.9 Å². The maximum atomic E-state index is 13.4. The standard InChI is InChI=1S/C20H16BrClF3N3O3S/c1-8(28-15(9-3-4-9)13(21)17(27-28)20(23,24)25)18(29)26-10-5-6-11-12(7-10)32-16(14(11)22)19(30)31-2/h5-9H,3-4H2,1-2H3,(H,26,29). The maximum absolute atomic E-state index is 13.4. The number of aromatic nitrogens is 2. The number of amides is 1. The molecule has 170 valence electrons. The van der Waals surface area contributed by atoms with Crippen molar-refractivity contribution in [1.29, 1.82) is 0 Å². The molecule has 6 nitrogen and oxygen atoms in total. The van der Waals surface area contributed by atoms with Gasteiger partial charge in [-0.1, -0.05) is 11.6 Å². The van der Waals surface area contributed by atoms with Crippen LogP contribution in [0, 0.1) is 0 Å². The third kappa shape index (κ3) is 4.13. The molecule has 1 atom stereocenters. The van der Waals surface area contributed by atoms with Crippen molar-refractivity contribution in [2.45, 2.75) is 37.9 Å². The molecule has 32 heavy (non-hydrogen) atoms. The summed E-state index contributed by atoms with van der Waals surface area (Å²) in [5, 5.41) is 7.32. The molecule has 0 bridgehead atoms. The summed E-state index contributed by atoms with van der Waals surface area (Å²) < 4.78 is 46.5. The molecule has 1 unspecified atom stereocenters. The van der Waals surface area contributed by atoms with Gasteiger partial charge in [0.1, 0.15) is 10.9 Å². The molecule has 0 spiro atoms. The Balaban J connectivity index is 1.62. The van der Waals surface area contributed by atoms with E-state index in [0.29, 0.717) is 21.5 Å². The highest BCUT2D eigenvalue weighted by atomic mass is 79.9. The number of thiophene rings is 1. The lowest BCUT2D eigenvalue weighted by Gasteiger charge is -2.16. The van der Waals surface area contributed by atoms with Crippen LogP contribution >= 0.6 is 38.9 Å². The molecule has 1 fully saturated rings. The van der Waals surface area contributed by atoms with Crippen LogP contribution in [0.3, 0.4) is 0 Å². The third-order valence-corrected chi connectivity index (χ3v) is 7.55. The summed E-state index contributed by atoms with van der Waals surface area (Å²) in [4.78, 5) is 25.0. The van der Waals surface area contributed by atoms with Crippen molar-refractivity contribution in [3.05, 3.63) is 44.0 Å². The van der Waals surface area contributed by atoms with Crippen molar-refractivity contribution in [3.8, 4) is 0 Å². The fourth-order valence-electron chi connectivity index (χ4n) is 3.35. The highest BCUT2D eigenvalue weighted by Crippen LogP contribution is 2.48. The van der Waals surface area contributed by atoms with Crippen molar-refractivity contribution in [2.75, 3.05) is 12.4 Å². The van der Waals surface area contributed by atoms with Crippen LogP contribution in [0.4, 0.5) is 18.9 Å². The van der Waals surface area contributed by atoms with E-state index in [1.807, 2.05) is 0 Å². The Morgan fingerprint density at radius 1 is 1.38 bits per heavy atom. The molecule has 3 aromatic rings. The lowest BCUT2D eigenvalue weighted by Crippen LogP contribution is -2.26. The number of halogens is 5. The van der Waals surface area contributed by atoms with Gasteiger partial charge in [0, 0.05) is 21.7 Å². The van der Waals surface area contributed by atoms with Gasteiger partial charge in [0.25, 0.3) is 0 Å². The minimum absolute atomic E-state index is 0.0652.